The molecule has 3 unspecified atom stereocenters. The molecule has 3 atom stereocenters. The van der Waals surface area contributed by atoms with E-state index in [1.165, 1.54) is 7.11 Å². The van der Waals surface area contributed by atoms with Crippen LogP contribution in [0.2, 0.25) is 0 Å². The maximum atomic E-state index is 11.7. The minimum absolute atomic E-state index is 0.312. The maximum absolute atomic E-state index is 11.7. The Morgan fingerprint density at radius 1 is 1.53 bits per heavy atom. The van der Waals surface area contributed by atoms with E-state index < -0.39 is 26.7 Å². The van der Waals surface area contributed by atoms with Gasteiger partial charge in [0.05, 0.1) is 17.8 Å². The Labute approximate surface area is 89.0 Å². The number of carbonyl (C=O) groups excluding carboxylic acids is 1. The van der Waals surface area contributed by atoms with E-state index >= 15 is 0 Å². The highest BCUT2D eigenvalue weighted by atomic mass is 32.2. The van der Waals surface area contributed by atoms with Crippen LogP contribution in [0.3, 0.4) is 0 Å². The molecule has 0 aromatic heterocycles. The zero-order chi connectivity index (χ0) is 11.3. The fourth-order valence-corrected chi connectivity index (χ4v) is 4.65. The molecular formula is C9H15NO4S. The van der Waals surface area contributed by atoms with Crippen LogP contribution in [-0.4, -0.2) is 26.7 Å². The van der Waals surface area contributed by atoms with Crippen molar-refractivity contribution in [3.05, 3.63) is 0 Å². The first-order valence-corrected chi connectivity index (χ1v) is 6.61. The van der Waals surface area contributed by atoms with Gasteiger partial charge in [0.1, 0.15) is 0 Å². The molecule has 0 aromatic rings. The van der Waals surface area contributed by atoms with Crippen molar-refractivity contribution in [1.82, 2.24) is 0 Å². The van der Waals surface area contributed by atoms with Crippen LogP contribution in [-0.2, 0) is 19.6 Å². The Hall–Kier alpha value is -0.620. The minimum atomic E-state index is -3.65. The molecule has 2 aliphatic carbocycles. The molecular weight excluding hydrogens is 218 g/mol. The van der Waals surface area contributed by atoms with E-state index in [1.54, 1.807) is 0 Å². The first kappa shape index (κ1) is 10.9. The number of hydrogen-bond donors (Lipinski definition) is 1. The van der Waals surface area contributed by atoms with E-state index in [1.807, 2.05) is 0 Å². The van der Waals surface area contributed by atoms with Crippen LogP contribution in [0.4, 0.5) is 0 Å². The predicted molar refractivity (Wildman–Crippen MR) is 53.3 cm³/mol. The van der Waals surface area contributed by atoms with Crippen molar-refractivity contribution in [1.29, 1.82) is 0 Å². The molecule has 15 heavy (non-hydrogen) atoms. The summed E-state index contributed by atoms with van der Waals surface area (Å²) in [6.45, 7) is 0. The van der Waals surface area contributed by atoms with E-state index in [-0.39, 0.29) is 0 Å². The van der Waals surface area contributed by atoms with Crippen LogP contribution in [0.25, 0.3) is 0 Å². The van der Waals surface area contributed by atoms with Crippen LogP contribution in [0.5, 0.6) is 0 Å². The van der Waals surface area contributed by atoms with Crippen molar-refractivity contribution in [3.8, 4) is 0 Å². The van der Waals surface area contributed by atoms with Crippen molar-refractivity contribution in [2.24, 2.45) is 16.5 Å². The van der Waals surface area contributed by atoms with Crippen molar-refractivity contribution in [2.75, 3.05) is 7.11 Å². The van der Waals surface area contributed by atoms with Crippen LogP contribution >= 0.6 is 0 Å². The third-order valence-electron chi connectivity index (χ3n) is 3.80. The van der Waals surface area contributed by atoms with Crippen molar-refractivity contribution in [2.45, 2.75) is 30.9 Å². The average molecular weight is 233 g/mol. The molecule has 0 heterocycles. The lowest BCUT2D eigenvalue weighted by Crippen LogP contribution is -2.46. The van der Waals surface area contributed by atoms with Gasteiger partial charge in [-0.15, -0.1) is 0 Å². The minimum Gasteiger partial charge on any atom is -0.469 e. The van der Waals surface area contributed by atoms with Crippen LogP contribution in [0.1, 0.15) is 25.7 Å². The van der Waals surface area contributed by atoms with Gasteiger partial charge >= 0.3 is 5.97 Å². The third-order valence-corrected chi connectivity index (χ3v) is 5.24. The second kappa shape index (κ2) is 3.18. The number of nitrogens with two attached hydrogens (primary N) is 1. The summed E-state index contributed by atoms with van der Waals surface area (Å²) in [5.41, 5.74) is -0.854. The summed E-state index contributed by atoms with van der Waals surface area (Å²) >= 11 is 0. The highest BCUT2D eigenvalue weighted by Crippen LogP contribution is 2.56. The number of hydrogen-bond acceptors (Lipinski definition) is 4. The Morgan fingerprint density at radius 2 is 2.20 bits per heavy atom. The summed E-state index contributed by atoms with van der Waals surface area (Å²) in [5.74, 6) is -0.103. The zero-order valence-corrected chi connectivity index (χ0v) is 9.42. The van der Waals surface area contributed by atoms with Crippen LogP contribution in [0, 0.1) is 11.3 Å². The molecule has 0 saturated heterocycles. The summed E-state index contributed by atoms with van der Waals surface area (Å²) in [6, 6.07) is 0. The topological polar surface area (TPSA) is 86.5 Å². The fourth-order valence-electron chi connectivity index (χ4n) is 3.17. The lowest BCUT2D eigenvalue weighted by molar-refractivity contribution is -0.151. The van der Waals surface area contributed by atoms with Gasteiger partial charge in [-0.05, 0) is 31.6 Å². The zero-order valence-electron chi connectivity index (χ0n) is 8.60. The molecule has 0 radical (unpaired) electrons. The largest absolute Gasteiger partial charge is 0.469 e. The molecule has 2 fully saturated rings. The van der Waals surface area contributed by atoms with E-state index in [0.29, 0.717) is 25.2 Å². The second-order valence-electron chi connectivity index (χ2n) is 4.57. The van der Waals surface area contributed by atoms with Gasteiger partial charge in [-0.3, -0.25) is 4.79 Å². The van der Waals surface area contributed by atoms with Gasteiger partial charge in [-0.2, -0.15) is 0 Å². The SMILES string of the molecule is COC(=O)C12CCC(CC1S(N)(=O)=O)C2. The molecule has 86 valence electrons. The molecule has 0 aliphatic heterocycles. The molecule has 0 amide bonds. The van der Waals surface area contributed by atoms with E-state index in [0.717, 1.165) is 6.42 Å². The first-order chi connectivity index (χ1) is 6.90. The number of carbonyl (C=O) groups is 1. The normalized spacial score (nSPS) is 39.3. The lowest BCUT2D eigenvalue weighted by Gasteiger charge is -2.30. The van der Waals surface area contributed by atoms with Gasteiger partial charge in [0, 0.05) is 0 Å². The summed E-state index contributed by atoms with van der Waals surface area (Å²) in [7, 11) is -2.35. The highest BCUT2D eigenvalue weighted by Gasteiger charge is 2.61. The number of rotatable bonds is 2. The number of methoxy groups -OCH3 is 1. The number of sulfonamides is 1. The molecule has 2 aliphatic rings. The monoisotopic (exact) mass is 233 g/mol. The molecule has 5 nitrogen and oxygen atoms in total. The van der Waals surface area contributed by atoms with Crippen molar-refractivity contribution in [3.63, 3.8) is 0 Å². The Balaban J connectivity index is 2.39. The summed E-state index contributed by atoms with van der Waals surface area (Å²) in [6.07, 6.45) is 2.61. The number of esters is 1. The number of primary sulfonamides is 1. The van der Waals surface area contributed by atoms with Crippen molar-refractivity contribution >= 4 is 16.0 Å². The molecule has 2 saturated carbocycles. The number of fused-ring (bicyclic) bond motifs is 2. The fraction of sp³-hybridized carbons (Fsp3) is 0.889. The van der Waals surface area contributed by atoms with Crippen LogP contribution < -0.4 is 5.14 Å². The van der Waals surface area contributed by atoms with Gasteiger partial charge in [0.15, 0.2) is 0 Å². The van der Waals surface area contributed by atoms with Gasteiger partial charge < -0.3 is 4.74 Å². The Kier molecular flexibility index (Phi) is 2.31. The average Bonchev–Trinajstić information content (AvgIpc) is 2.73. The molecule has 0 aromatic carbocycles. The van der Waals surface area contributed by atoms with Gasteiger partial charge in [0.2, 0.25) is 10.0 Å². The second-order valence-corrected chi connectivity index (χ2v) is 6.32. The Morgan fingerprint density at radius 3 is 2.67 bits per heavy atom. The lowest BCUT2D eigenvalue weighted by atomic mass is 9.84. The van der Waals surface area contributed by atoms with Gasteiger partial charge in [-0.1, -0.05) is 0 Å². The summed E-state index contributed by atoms with van der Waals surface area (Å²) in [4.78, 5) is 11.7. The predicted octanol–water partition coefficient (Wildman–Crippen LogP) is 0.00670. The van der Waals surface area contributed by atoms with E-state index in [9.17, 15) is 13.2 Å². The standard InChI is InChI=1S/C9H15NO4S/c1-14-8(11)9-3-2-6(5-9)4-7(9)15(10,12)13/h6-7H,2-5H2,1H3,(H2,10,12,13). The molecule has 2 rings (SSSR count). The maximum Gasteiger partial charge on any atom is 0.313 e. The molecule has 2 bridgehead atoms. The van der Waals surface area contributed by atoms with Crippen molar-refractivity contribution < 1.29 is 17.9 Å². The summed E-state index contributed by atoms with van der Waals surface area (Å²) in [5, 5.41) is 4.43. The quantitative estimate of drug-likeness (QED) is 0.680. The molecule has 6 heteroatoms. The molecule has 2 N–H and O–H groups in total. The molecule has 0 spiro atoms. The van der Waals surface area contributed by atoms with E-state index in [4.69, 9.17) is 9.88 Å². The van der Waals surface area contributed by atoms with Gasteiger partial charge in [0.25, 0.3) is 0 Å². The van der Waals surface area contributed by atoms with E-state index in [2.05, 4.69) is 0 Å². The number of ether oxygens (including phenoxy) is 1. The Bertz CT molecular complexity index is 391. The smallest absolute Gasteiger partial charge is 0.313 e. The van der Waals surface area contributed by atoms with Gasteiger partial charge in [-0.25, -0.2) is 13.6 Å². The highest BCUT2D eigenvalue weighted by molar-refractivity contribution is 7.89. The summed E-state index contributed by atoms with van der Waals surface area (Å²) < 4.78 is 27.6. The third kappa shape index (κ3) is 1.47. The van der Waals surface area contributed by atoms with Crippen LogP contribution in [0.15, 0.2) is 0 Å². The first-order valence-electron chi connectivity index (χ1n) is 5.00.